The molecule has 7 nitrogen and oxygen atoms in total. The van der Waals surface area contributed by atoms with Crippen molar-refractivity contribution in [3.05, 3.63) is 29.8 Å². The molecular weight excluding hydrogens is 324 g/mol. The van der Waals surface area contributed by atoms with Crippen molar-refractivity contribution in [2.24, 2.45) is 5.92 Å². The number of nitrogens with one attached hydrogen (secondary N) is 1. The van der Waals surface area contributed by atoms with Crippen LogP contribution in [0.3, 0.4) is 0 Å². The molecule has 0 aromatic heterocycles. The molecule has 1 aromatic carbocycles. The Morgan fingerprint density at radius 1 is 1.36 bits per heavy atom. The predicted octanol–water partition coefficient (Wildman–Crippen LogP) is 1.99. The minimum atomic E-state index is -1.06. The van der Waals surface area contributed by atoms with Gasteiger partial charge in [0.1, 0.15) is 12.6 Å². The third kappa shape index (κ3) is 5.56. The summed E-state index contributed by atoms with van der Waals surface area (Å²) in [6, 6.07) is 6.52. The molecule has 2 N–H and O–H groups in total. The predicted molar refractivity (Wildman–Crippen MR) is 92.4 cm³/mol. The Balaban J connectivity index is 2.10. The molecule has 1 atom stereocenters. The van der Waals surface area contributed by atoms with E-state index in [9.17, 15) is 14.4 Å². The third-order valence-electron chi connectivity index (χ3n) is 3.80. The number of carboxylic acids is 1. The van der Waals surface area contributed by atoms with Crippen LogP contribution in [0.5, 0.6) is 0 Å². The second-order valence-corrected chi connectivity index (χ2v) is 6.54. The Hall–Kier alpha value is -2.41. The Morgan fingerprint density at radius 2 is 2.12 bits per heavy atom. The lowest BCUT2D eigenvalue weighted by Gasteiger charge is -2.23. The van der Waals surface area contributed by atoms with Crippen molar-refractivity contribution >= 4 is 23.5 Å². The highest BCUT2D eigenvalue weighted by molar-refractivity contribution is 5.99. The van der Waals surface area contributed by atoms with Crippen LogP contribution in [0.2, 0.25) is 0 Å². The number of hydrogen-bond donors (Lipinski definition) is 2. The maximum absolute atomic E-state index is 12.6. The SMILES string of the molecule is CC(C)CN(CC(=O)O)C(=O)c1cccc(NC(=O)C2CCCO2)c1. The highest BCUT2D eigenvalue weighted by Gasteiger charge is 2.24. The Morgan fingerprint density at radius 3 is 2.72 bits per heavy atom. The van der Waals surface area contributed by atoms with Crippen molar-refractivity contribution in [2.45, 2.75) is 32.8 Å². The van der Waals surface area contributed by atoms with Crippen LogP contribution in [-0.2, 0) is 14.3 Å². The van der Waals surface area contributed by atoms with Gasteiger partial charge in [-0.1, -0.05) is 19.9 Å². The monoisotopic (exact) mass is 348 g/mol. The lowest BCUT2D eigenvalue weighted by molar-refractivity contribution is -0.137. The van der Waals surface area contributed by atoms with Crippen LogP contribution in [0.4, 0.5) is 5.69 Å². The van der Waals surface area contributed by atoms with Gasteiger partial charge in [-0.25, -0.2) is 0 Å². The average Bonchev–Trinajstić information content (AvgIpc) is 3.07. The van der Waals surface area contributed by atoms with Crippen molar-refractivity contribution in [3.8, 4) is 0 Å². The molecule has 25 heavy (non-hydrogen) atoms. The zero-order valence-corrected chi connectivity index (χ0v) is 14.5. The molecule has 1 aromatic rings. The number of amides is 2. The van der Waals surface area contributed by atoms with Gasteiger partial charge in [-0.3, -0.25) is 14.4 Å². The molecule has 136 valence electrons. The number of carboxylic acid groups (broad SMARTS) is 1. The van der Waals surface area contributed by atoms with E-state index in [2.05, 4.69) is 5.32 Å². The van der Waals surface area contributed by atoms with Gasteiger partial charge in [0, 0.05) is 24.4 Å². The van der Waals surface area contributed by atoms with E-state index in [-0.39, 0.29) is 24.3 Å². The van der Waals surface area contributed by atoms with Gasteiger partial charge in [0.2, 0.25) is 0 Å². The van der Waals surface area contributed by atoms with Crippen molar-refractivity contribution in [1.82, 2.24) is 4.90 Å². The smallest absolute Gasteiger partial charge is 0.323 e. The minimum absolute atomic E-state index is 0.144. The summed E-state index contributed by atoms with van der Waals surface area (Å²) in [4.78, 5) is 37.1. The number of nitrogens with zero attached hydrogens (tertiary/aromatic N) is 1. The van der Waals surface area contributed by atoms with Crippen LogP contribution in [0.25, 0.3) is 0 Å². The number of aliphatic carboxylic acids is 1. The Bertz CT molecular complexity index is 638. The minimum Gasteiger partial charge on any atom is -0.480 e. The highest BCUT2D eigenvalue weighted by atomic mass is 16.5. The van der Waals surface area contributed by atoms with Gasteiger partial charge in [0.15, 0.2) is 0 Å². The quantitative estimate of drug-likeness (QED) is 0.785. The fourth-order valence-corrected chi connectivity index (χ4v) is 2.74. The lowest BCUT2D eigenvalue weighted by Crippen LogP contribution is -2.38. The molecule has 2 amide bonds. The first-order chi connectivity index (χ1) is 11.9. The Labute approximate surface area is 147 Å². The highest BCUT2D eigenvalue weighted by Crippen LogP contribution is 2.17. The molecule has 1 aliphatic rings. The van der Waals surface area contributed by atoms with E-state index in [4.69, 9.17) is 9.84 Å². The Kier molecular flexibility index (Phi) is 6.52. The normalized spacial score (nSPS) is 16.7. The van der Waals surface area contributed by atoms with Crippen LogP contribution in [0.15, 0.2) is 24.3 Å². The van der Waals surface area contributed by atoms with Crippen LogP contribution >= 0.6 is 0 Å². The number of anilines is 1. The molecule has 0 aliphatic carbocycles. The number of benzene rings is 1. The third-order valence-corrected chi connectivity index (χ3v) is 3.80. The number of rotatable bonds is 7. The summed E-state index contributed by atoms with van der Waals surface area (Å²) < 4.78 is 5.34. The van der Waals surface area contributed by atoms with Crippen LogP contribution in [0.1, 0.15) is 37.0 Å². The second kappa shape index (κ2) is 8.62. The molecule has 0 radical (unpaired) electrons. The molecular formula is C18H24N2O5. The average molecular weight is 348 g/mol. The zero-order chi connectivity index (χ0) is 18.4. The zero-order valence-electron chi connectivity index (χ0n) is 14.5. The van der Waals surface area contributed by atoms with E-state index in [0.29, 0.717) is 30.8 Å². The molecule has 1 unspecified atom stereocenters. The van der Waals surface area contributed by atoms with E-state index in [1.54, 1.807) is 24.3 Å². The summed E-state index contributed by atoms with van der Waals surface area (Å²) in [7, 11) is 0. The van der Waals surface area contributed by atoms with Gasteiger partial charge in [0.05, 0.1) is 0 Å². The summed E-state index contributed by atoms with van der Waals surface area (Å²) in [6.07, 6.45) is 1.09. The number of ether oxygens (including phenoxy) is 1. The topological polar surface area (TPSA) is 95.9 Å². The first-order valence-corrected chi connectivity index (χ1v) is 8.40. The van der Waals surface area contributed by atoms with Crippen LogP contribution < -0.4 is 5.32 Å². The van der Waals surface area contributed by atoms with E-state index in [0.717, 1.165) is 6.42 Å². The number of carbonyl (C=O) groups excluding carboxylic acids is 2. The van der Waals surface area contributed by atoms with Crippen molar-refractivity contribution < 1.29 is 24.2 Å². The van der Waals surface area contributed by atoms with Crippen molar-refractivity contribution in [2.75, 3.05) is 25.0 Å². The molecule has 2 rings (SSSR count). The first-order valence-electron chi connectivity index (χ1n) is 8.40. The van der Waals surface area contributed by atoms with Crippen LogP contribution in [0, 0.1) is 5.92 Å². The molecule has 1 aliphatic heterocycles. The van der Waals surface area contributed by atoms with Crippen molar-refractivity contribution in [1.29, 1.82) is 0 Å². The molecule has 1 heterocycles. The molecule has 0 bridgehead atoms. The van der Waals surface area contributed by atoms with E-state index >= 15 is 0 Å². The van der Waals surface area contributed by atoms with Gasteiger partial charge < -0.3 is 20.1 Å². The second-order valence-electron chi connectivity index (χ2n) is 6.54. The van der Waals surface area contributed by atoms with E-state index in [1.165, 1.54) is 4.90 Å². The number of carbonyl (C=O) groups is 3. The maximum atomic E-state index is 12.6. The van der Waals surface area contributed by atoms with E-state index in [1.807, 2.05) is 13.8 Å². The van der Waals surface area contributed by atoms with Gasteiger partial charge >= 0.3 is 5.97 Å². The van der Waals surface area contributed by atoms with Crippen LogP contribution in [-0.4, -0.2) is 53.6 Å². The van der Waals surface area contributed by atoms with E-state index < -0.39 is 12.1 Å². The summed E-state index contributed by atoms with van der Waals surface area (Å²) >= 11 is 0. The molecule has 0 saturated carbocycles. The lowest BCUT2D eigenvalue weighted by atomic mass is 10.1. The van der Waals surface area contributed by atoms with Gasteiger partial charge in [-0.05, 0) is 37.0 Å². The maximum Gasteiger partial charge on any atom is 0.323 e. The molecule has 7 heteroatoms. The van der Waals surface area contributed by atoms with Gasteiger partial charge in [-0.15, -0.1) is 0 Å². The molecule has 1 saturated heterocycles. The summed E-state index contributed by atoms with van der Waals surface area (Å²) in [5.41, 5.74) is 0.832. The fraction of sp³-hybridized carbons (Fsp3) is 0.500. The summed E-state index contributed by atoms with van der Waals surface area (Å²) in [5.74, 6) is -1.52. The van der Waals surface area contributed by atoms with Gasteiger partial charge in [0.25, 0.3) is 11.8 Å². The first kappa shape index (κ1) is 18.9. The molecule has 1 fully saturated rings. The molecule has 0 spiro atoms. The fourth-order valence-electron chi connectivity index (χ4n) is 2.74. The summed E-state index contributed by atoms with van der Waals surface area (Å²) in [6.45, 7) is 4.40. The standard InChI is InChI=1S/C18H24N2O5/c1-12(2)10-20(11-16(21)22)18(24)13-5-3-6-14(9-13)19-17(23)15-7-4-8-25-15/h3,5-6,9,12,15H,4,7-8,10-11H2,1-2H3,(H,19,23)(H,21,22). The van der Waals surface area contributed by atoms with Gasteiger partial charge in [-0.2, -0.15) is 0 Å². The summed E-state index contributed by atoms with van der Waals surface area (Å²) in [5, 5.41) is 11.8. The number of hydrogen-bond acceptors (Lipinski definition) is 4. The largest absolute Gasteiger partial charge is 0.480 e. The van der Waals surface area contributed by atoms with Crippen molar-refractivity contribution in [3.63, 3.8) is 0 Å².